The second kappa shape index (κ2) is 13.5. The van der Waals surface area contributed by atoms with Crippen molar-refractivity contribution in [3.05, 3.63) is 60.4 Å². The van der Waals surface area contributed by atoms with Crippen LogP contribution in [0.3, 0.4) is 0 Å². The van der Waals surface area contributed by atoms with Crippen molar-refractivity contribution in [3.8, 4) is 11.5 Å². The van der Waals surface area contributed by atoms with Crippen LogP contribution in [-0.4, -0.2) is 21.1 Å². The molecule has 0 aliphatic heterocycles. The molecule has 8 heteroatoms. The van der Waals surface area contributed by atoms with Gasteiger partial charge in [0, 0.05) is 11.9 Å². The highest BCUT2D eigenvalue weighted by Crippen LogP contribution is 2.29. The Hall–Kier alpha value is -2.63. The lowest BCUT2D eigenvalue weighted by molar-refractivity contribution is 0.580. The first kappa shape index (κ1) is 24.4. The molecule has 0 saturated heterocycles. The van der Waals surface area contributed by atoms with E-state index in [1.54, 1.807) is 18.4 Å². The summed E-state index contributed by atoms with van der Waals surface area (Å²) >= 11 is 0. The summed E-state index contributed by atoms with van der Waals surface area (Å²) in [6.45, 7) is 8.59. The molecule has 0 bridgehead atoms. The Balaban J connectivity index is 0.000000527. The van der Waals surface area contributed by atoms with Gasteiger partial charge in [-0.1, -0.05) is 32.9 Å². The number of rotatable bonds is 6. The molecule has 0 aliphatic carbocycles. The zero-order valence-electron chi connectivity index (χ0n) is 17.7. The van der Waals surface area contributed by atoms with E-state index in [1.165, 1.54) is 16.9 Å². The van der Waals surface area contributed by atoms with Crippen LogP contribution in [0.2, 0.25) is 0 Å². The van der Waals surface area contributed by atoms with E-state index in [0.29, 0.717) is 29.5 Å². The Morgan fingerprint density at radius 2 is 2.07 bits per heavy atom. The van der Waals surface area contributed by atoms with Gasteiger partial charge in [0.05, 0.1) is 12.8 Å². The maximum Gasteiger partial charge on any atom is 0.170 e. The molecule has 1 atom stereocenters. The smallest absolute Gasteiger partial charge is 0.170 e. The largest absolute Gasteiger partial charge is 0.463 e. The van der Waals surface area contributed by atoms with Gasteiger partial charge in [-0.2, -0.15) is 0 Å². The molecular weight excluding hydrogens is 383 g/mol. The molecule has 3 heterocycles. The molecule has 0 aromatic carbocycles. The highest BCUT2D eigenvalue weighted by atomic mass is 31.0. The van der Waals surface area contributed by atoms with Gasteiger partial charge in [0.25, 0.3) is 0 Å². The highest BCUT2D eigenvalue weighted by molar-refractivity contribution is 7.16. The van der Waals surface area contributed by atoms with E-state index in [0.717, 1.165) is 18.3 Å². The fourth-order valence-corrected chi connectivity index (χ4v) is 2.68. The van der Waals surface area contributed by atoms with E-state index >= 15 is 0 Å². The fourth-order valence-electron chi connectivity index (χ4n) is 2.41. The van der Waals surface area contributed by atoms with Crippen LogP contribution in [0.4, 0.5) is 11.5 Å². The number of aromatic nitrogens is 3. The summed E-state index contributed by atoms with van der Waals surface area (Å²) in [5.74, 6) is 7.17. The van der Waals surface area contributed by atoms with Gasteiger partial charge in [-0.05, 0) is 43.3 Å². The average Bonchev–Trinajstić information content (AvgIpc) is 3.43. The van der Waals surface area contributed by atoms with Crippen LogP contribution < -0.4 is 16.6 Å². The van der Waals surface area contributed by atoms with Crippen molar-refractivity contribution in [1.29, 1.82) is 0 Å². The van der Waals surface area contributed by atoms with E-state index in [4.69, 9.17) is 16.0 Å². The number of nitrogens with zero attached hydrogens (tertiary/aromatic N) is 3. The molecule has 0 spiro atoms. The third-order valence-electron chi connectivity index (χ3n) is 3.81. The Bertz CT molecular complexity index is 845. The zero-order valence-corrected chi connectivity index (χ0v) is 18.9. The first-order valence-corrected chi connectivity index (χ1v) is 10.6. The molecular formula is C21H33N6OP. The van der Waals surface area contributed by atoms with Crippen molar-refractivity contribution < 1.29 is 4.42 Å². The van der Waals surface area contributed by atoms with Gasteiger partial charge in [-0.25, -0.2) is 15.8 Å². The van der Waals surface area contributed by atoms with E-state index in [9.17, 15) is 0 Å². The second-order valence-electron chi connectivity index (χ2n) is 5.76. The molecule has 158 valence electrons. The maximum atomic E-state index is 6.14. The van der Waals surface area contributed by atoms with Crippen molar-refractivity contribution in [2.75, 3.05) is 16.9 Å². The van der Waals surface area contributed by atoms with E-state index in [-0.39, 0.29) is 0 Å². The number of H-pyrrole nitrogens is 1. The average molecular weight is 417 g/mol. The molecule has 0 saturated carbocycles. The van der Waals surface area contributed by atoms with Crippen molar-refractivity contribution >= 4 is 20.7 Å². The zero-order chi connectivity index (χ0) is 21.6. The number of aromatic amines is 1. The summed E-state index contributed by atoms with van der Waals surface area (Å²) in [6.07, 6.45) is 11.1. The van der Waals surface area contributed by atoms with Gasteiger partial charge in [0.1, 0.15) is 17.7 Å². The minimum absolute atomic E-state index is 0.391. The van der Waals surface area contributed by atoms with Crippen molar-refractivity contribution in [2.45, 2.75) is 40.7 Å². The van der Waals surface area contributed by atoms with Gasteiger partial charge in [0.2, 0.25) is 0 Å². The third-order valence-corrected chi connectivity index (χ3v) is 4.08. The van der Waals surface area contributed by atoms with Gasteiger partial charge >= 0.3 is 0 Å². The van der Waals surface area contributed by atoms with Crippen LogP contribution in [0.5, 0.6) is 0 Å². The molecule has 3 aromatic heterocycles. The normalized spacial score (nSPS) is 10.1. The number of nitrogens with one attached hydrogen (secondary N) is 1. The molecule has 0 radical (unpaired) electrons. The SMILES string of the molecule is C/C=C\CP.CC.CCc1c[nH]c(CN(N)c2ncnc(-c3ccco3)c2N)c1. The lowest BCUT2D eigenvalue weighted by atomic mass is 10.2. The Morgan fingerprint density at radius 3 is 2.59 bits per heavy atom. The predicted octanol–water partition coefficient (Wildman–Crippen LogP) is 4.55. The number of furan rings is 1. The first-order chi connectivity index (χ1) is 14.1. The number of allylic oxidation sites excluding steroid dienone is 2. The topological polar surface area (TPSA) is 110 Å². The summed E-state index contributed by atoms with van der Waals surface area (Å²) in [7, 11) is 2.61. The van der Waals surface area contributed by atoms with E-state index < -0.39 is 0 Å². The molecule has 5 N–H and O–H groups in total. The molecule has 0 amide bonds. The number of aryl methyl sites for hydroxylation is 1. The molecule has 29 heavy (non-hydrogen) atoms. The van der Waals surface area contributed by atoms with Gasteiger partial charge in [0.15, 0.2) is 11.6 Å². The van der Waals surface area contributed by atoms with Gasteiger partial charge in [-0.3, -0.25) is 5.01 Å². The number of hydrogen-bond donors (Lipinski definition) is 3. The number of anilines is 2. The summed E-state index contributed by atoms with van der Waals surface area (Å²) in [5, 5.41) is 1.49. The minimum Gasteiger partial charge on any atom is -0.463 e. The fraction of sp³-hybridized carbons (Fsp3) is 0.333. The second-order valence-corrected chi connectivity index (χ2v) is 6.23. The summed E-state index contributed by atoms with van der Waals surface area (Å²) in [5.41, 5.74) is 9.30. The molecule has 3 aromatic rings. The Labute approximate surface area is 175 Å². The number of hydrazine groups is 1. The monoisotopic (exact) mass is 416 g/mol. The summed E-state index contributed by atoms with van der Waals surface area (Å²) in [6, 6.07) is 5.65. The van der Waals surface area contributed by atoms with Crippen LogP contribution in [0, 0.1) is 0 Å². The molecule has 7 nitrogen and oxygen atoms in total. The lowest BCUT2D eigenvalue weighted by Crippen LogP contribution is -2.32. The number of hydrogen-bond acceptors (Lipinski definition) is 6. The van der Waals surface area contributed by atoms with Crippen LogP contribution in [0.1, 0.15) is 39.0 Å². The predicted molar refractivity (Wildman–Crippen MR) is 125 cm³/mol. The summed E-state index contributed by atoms with van der Waals surface area (Å²) < 4.78 is 5.34. The standard InChI is InChI=1S/C15H18N6O.C4H9P.C2H6/c1-2-10-6-11(18-7-10)8-21(17)15-13(16)14(19-9-20-15)12-4-3-5-22-12;1-2-3-4-5;1-2/h3-7,9,18H,2,8,16-17H2,1H3;2-3H,4-5H2,1H3;1-2H3/b;3-2-;. The Morgan fingerprint density at radius 1 is 1.31 bits per heavy atom. The lowest BCUT2D eigenvalue weighted by Gasteiger charge is -2.19. The highest BCUT2D eigenvalue weighted by Gasteiger charge is 2.16. The Kier molecular flexibility index (Phi) is 11.4. The maximum absolute atomic E-state index is 6.14. The van der Waals surface area contributed by atoms with Gasteiger partial charge < -0.3 is 15.1 Å². The minimum atomic E-state index is 0.391. The van der Waals surface area contributed by atoms with Crippen molar-refractivity contribution in [1.82, 2.24) is 15.0 Å². The number of nitrogen functional groups attached to an aromatic ring is 1. The van der Waals surface area contributed by atoms with Gasteiger partial charge in [-0.15, -0.1) is 9.24 Å². The van der Waals surface area contributed by atoms with Crippen LogP contribution in [-0.2, 0) is 13.0 Å². The molecule has 3 rings (SSSR count). The molecule has 0 fully saturated rings. The van der Waals surface area contributed by atoms with Crippen molar-refractivity contribution in [3.63, 3.8) is 0 Å². The molecule has 1 unspecified atom stereocenters. The third kappa shape index (κ3) is 7.37. The first-order valence-electron chi connectivity index (χ1n) is 9.74. The summed E-state index contributed by atoms with van der Waals surface area (Å²) in [4.78, 5) is 11.5. The van der Waals surface area contributed by atoms with Crippen molar-refractivity contribution in [2.24, 2.45) is 5.84 Å². The van der Waals surface area contributed by atoms with E-state index in [1.807, 2.05) is 33.0 Å². The van der Waals surface area contributed by atoms with Crippen LogP contribution in [0.15, 0.2) is 53.6 Å². The quantitative estimate of drug-likeness (QED) is 0.235. The van der Waals surface area contributed by atoms with Crippen LogP contribution >= 0.6 is 9.24 Å². The van der Waals surface area contributed by atoms with Crippen LogP contribution in [0.25, 0.3) is 11.5 Å². The van der Waals surface area contributed by atoms with E-state index in [2.05, 4.69) is 43.3 Å². The molecule has 0 aliphatic rings. The number of nitrogens with two attached hydrogens (primary N) is 2.